The van der Waals surface area contributed by atoms with Gasteiger partial charge in [-0.25, -0.2) is 14.4 Å². The molecule has 0 aromatic carbocycles. The third kappa shape index (κ3) is 25.1. The number of Topliss-reactive ketones (excluding diaryl/α,β-unsaturated/α-hetero) is 2. The number of carbonyl (C=O) groups excluding carboxylic acids is 6. The summed E-state index contributed by atoms with van der Waals surface area (Å²) >= 11 is 0. The lowest BCUT2D eigenvalue weighted by Gasteiger charge is -2.20. The van der Waals surface area contributed by atoms with Crippen molar-refractivity contribution in [1.29, 1.82) is 0 Å². The molecule has 0 saturated carbocycles. The van der Waals surface area contributed by atoms with Crippen LogP contribution in [0.15, 0.2) is 12.3 Å². The first-order chi connectivity index (χ1) is 28.2. The summed E-state index contributed by atoms with van der Waals surface area (Å²) in [6.45, 7) is 6.85. The van der Waals surface area contributed by atoms with Crippen LogP contribution in [0, 0.1) is 11.8 Å². The number of carboxylic acid groups (broad SMARTS) is 4. The number of aliphatic carboxylic acids is 4. The average Bonchev–Trinajstić information content (AvgIpc) is 3.18. The van der Waals surface area contributed by atoms with Crippen molar-refractivity contribution in [1.82, 2.24) is 26.6 Å². The zero-order valence-corrected chi connectivity index (χ0v) is 34.5. The van der Waals surface area contributed by atoms with E-state index in [0.717, 1.165) is 6.92 Å². The van der Waals surface area contributed by atoms with Crippen molar-refractivity contribution >= 4 is 59.1 Å². The number of hydrogen-bond donors (Lipinski definition) is 11. The molecular weight excluding hydrogens is 792 g/mol. The fourth-order valence-electron chi connectivity index (χ4n) is 6.01. The molecule has 340 valence electrons. The summed E-state index contributed by atoms with van der Waals surface area (Å²) in [5, 5.41) is 59.4. The monoisotopic (exact) mass is 856 g/mol. The molecule has 4 amide bonds. The molecular formula is C39H64N6O15. The highest BCUT2D eigenvalue weighted by Gasteiger charge is 2.27. The number of unbranched alkanes of at least 4 members (excludes halogenated alkanes) is 2. The first-order valence-corrected chi connectivity index (χ1v) is 20.1. The van der Waals surface area contributed by atoms with E-state index < -0.39 is 96.9 Å². The summed E-state index contributed by atoms with van der Waals surface area (Å²) in [6.07, 6.45) is 1.63. The van der Waals surface area contributed by atoms with Gasteiger partial charge in [-0.1, -0.05) is 19.9 Å². The maximum atomic E-state index is 12.7. The molecule has 0 aliphatic heterocycles. The number of hydrogen-bond acceptors (Lipinski definition) is 13. The fourth-order valence-corrected chi connectivity index (χ4v) is 6.01. The van der Waals surface area contributed by atoms with Crippen molar-refractivity contribution in [2.75, 3.05) is 19.7 Å². The van der Waals surface area contributed by atoms with Gasteiger partial charge in [-0.2, -0.15) is 0 Å². The number of ketones is 2. The summed E-state index contributed by atoms with van der Waals surface area (Å²) in [5.74, 6) is -9.77. The fraction of sp³-hybridized carbons (Fsp3) is 0.692. The van der Waals surface area contributed by atoms with Gasteiger partial charge in [-0.05, 0) is 70.6 Å². The van der Waals surface area contributed by atoms with E-state index in [4.69, 9.17) is 15.9 Å². The van der Waals surface area contributed by atoms with Gasteiger partial charge in [0, 0.05) is 57.3 Å². The Bertz CT molecular complexity index is 1490. The minimum Gasteiger partial charge on any atom is -0.481 e. The smallest absolute Gasteiger partial charge is 0.326 e. The maximum absolute atomic E-state index is 12.7. The molecule has 0 fully saturated rings. The molecule has 21 heteroatoms. The lowest BCUT2D eigenvalue weighted by Crippen LogP contribution is -2.43. The maximum Gasteiger partial charge on any atom is 0.326 e. The molecule has 0 rings (SSSR count). The summed E-state index contributed by atoms with van der Waals surface area (Å²) in [7, 11) is 0. The third-order valence-electron chi connectivity index (χ3n) is 9.62. The molecule has 0 spiro atoms. The number of nitrogens with two attached hydrogens (primary N) is 1. The standard InChI is InChI=1S/C39H64N6O15/c1-4-25(32(49)22-46)9-5-7-20-42-35(52)28(40)10-6-8-19-41-33(50)17-12-26(36(53)54)21-27(48)13-15-29(37(55)56)43-23(2)11-14-31(39(59)60)45-34(51)18-16-30(38(57)58)44-24(3)47/h25-26,28-31,43,46H,2,4-22,40H2,1,3H3,(H,41,50)(H,42,52)(H,44,47)(H,45,51)(H,53,54)(H,55,56)(H,57,58)(H,59,60)/t25-,26+,28-,29-,30-,31-/m0/s1. The Labute approximate surface area is 349 Å². The van der Waals surface area contributed by atoms with Crippen LogP contribution in [0.4, 0.5) is 0 Å². The molecule has 0 radical (unpaired) electrons. The molecule has 60 heavy (non-hydrogen) atoms. The second-order valence-electron chi connectivity index (χ2n) is 14.6. The number of aliphatic hydroxyl groups is 1. The van der Waals surface area contributed by atoms with E-state index in [9.17, 15) is 63.3 Å². The molecule has 12 N–H and O–H groups in total. The molecule has 0 aliphatic carbocycles. The van der Waals surface area contributed by atoms with Crippen LogP contribution < -0.4 is 32.3 Å². The minimum absolute atomic E-state index is 0.0776. The topological polar surface area (TPSA) is 358 Å². The Hall–Kier alpha value is -5.44. The zero-order chi connectivity index (χ0) is 45.8. The predicted molar refractivity (Wildman–Crippen MR) is 214 cm³/mol. The number of aliphatic hydroxyl groups excluding tert-OH is 1. The summed E-state index contributed by atoms with van der Waals surface area (Å²) < 4.78 is 0. The lowest BCUT2D eigenvalue weighted by molar-refractivity contribution is -0.144. The number of rotatable bonds is 36. The van der Waals surface area contributed by atoms with Crippen molar-refractivity contribution in [3.63, 3.8) is 0 Å². The Morgan fingerprint density at radius 2 is 1.10 bits per heavy atom. The van der Waals surface area contributed by atoms with Crippen LogP contribution in [0.25, 0.3) is 0 Å². The Kier molecular flexibility index (Phi) is 27.8. The van der Waals surface area contributed by atoms with E-state index in [0.29, 0.717) is 51.5 Å². The lowest BCUT2D eigenvalue weighted by atomic mass is 9.94. The van der Waals surface area contributed by atoms with Gasteiger partial charge in [0.25, 0.3) is 0 Å². The van der Waals surface area contributed by atoms with E-state index in [1.54, 1.807) is 0 Å². The van der Waals surface area contributed by atoms with E-state index in [1.807, 2.05) is 6.92 Å². The molecule has 0 aliphatic rings. The second kappa shape index (κ2) is 30.6. The van der Waals surface area contributed by atoms with Crippen molar-refractivity contribution in [2.24, 2.45) is 17.6 Å². The SMILES string of the molecule is C=C(CC[C@H](NC(=O)CC[C@H](NC(C)=O)C(=O)O)C(=O)O)N[C@@H](CCC(=O)C[C@@H](CCC(=O)NCCCC[C@H](N)C(=O)NCCCC[C@H](CC)C(=O)CO)C(=O)O)C(=O)O. The van der Waals surface area contributed by atoms with E-state index >= 15 is 0 Å². The van der Waals surface area contributed by atoms with Gasteiger partial charge in [-0.3, -0.25) is 33.6 Å². The van der Waals surface area contributed by atoms with Gasteiger partial charge in [0.2, 0.25) is 23.6 Å². The minimum atomic E-state index is -1.44. The predicted octanol–water partition coefficient (Wildman–Crippen LogP) is -0.0297. The molecule has 21 nitrogen and oxygen atoms in total. The first-order valence-electron chi connectivity index (χ1n) is 20.1. The van der Waals surface area contributed by atoms with Crippen molar-refractivity contribution in [3.05, 3.63) is 12.3 Å². The second-order valence-corrected chi connectivity index (χ2v) is 14.6. The number of amides is 4. The quantitative estimate of drug-likeness (QED) is 0.0369. The van der Waals surface area contributed by atoms with Crippen LogP contribution in [-0.2, 0) is 47.9 Å². The van der Waals surface area contributed by atoms with E-state index in [1.165, 1.54) is 0 Å². The number of allylic oxidation sites excluding steroid dienone is 1. The van der Waals surface area contributed by atoms with Gasteiger partial charge >= 0.3 is 23.9 Å². The summed E-state index contributed by atoms with van der Waals surface area (Å²) in [6, 6.07) is -4.89. The average molecular weight is 857 g/mol. The van der Waals surface area contributed by atoms with Crippen molar-refractivity contribution < 1.29 is 73.5 Å². The van der Waals surface area contributed by atoms with E-state index in [-0.39, 0.29) is 74.8 Å². The molecule has 0 aromatic heterocycles. The van der Waals surface area contributed by atoms with Crippen LogP contribution in [0.2, 0.25) is 0 Å². The number of carboxylic acids is 4. The van der Waals surface area contributed by atoms with Gasteiger partial charge in [0.15, 0.2) is 5.78 Å². The van der Waals surface area contributed by atoms with Crippen LogP contribution in [0.3, 0.4) is 0 Å². The van der Waals surface area contributed by atoms with Gasteiger partial charge in [0.1, 0.15) is 30.5 Å². The Morgan fingerprint density at radius 1 is 0.583 bits per heavy atom. The van der Waals surface area contributed by atoms with Crippen LogP contribution in [0.1, 0.15) is 117 Å². The highest BCUT2D eigenvalue weighted by molar-refractivity contribution is 5.86. The highest BCUT2D eigenvalue weighted by atomic mass is 16.4. The molecule has 0 aromatic rings. The molecule has 0 saturated heterocycles. The molecule has 0 unspecified atom stereocenters. The van der Waals surface area contributed by atoms with Crippen LogP contribution >= 0.6 is 0 Å². The Morgan fingerprint density at radius 3 is 1.65 bits per heavy atom. The summed E-state index contributed by atoms with van der Waals surface area (Å²) in [4.78, 5) is 119. The van der Waals surface area contributed by atoms with Crippen molar-refractivity contribution in [2.45, 2.75) is 141 Å². The number of carbonyl (C=O) groups is 10. The molecule has 0 heterocycles. The zero-order valence-electron chi connectivity index (χ0n) is 34.5. The highest BCUT2D eigenvalue weighted by Crippen LogP contribution is 2.16. The van der Waals surface area contributed by atoms with E-state index in [2.05, 4.69) is 33.2 Å². The number of nitrogens with one attached hydrogen (secondary N) is 5. The van der Waals surface area contributed by atoms with Crippen LogP contribution in [0.5, 0.6) is 0 Å². The molecule has 0 bridgehead atoms. The largest absolute Gasteiger partial charge is 0.481 e. The Balaban J connectivity index is 4.63. The third-order valence-corrected chi connectivity index (χ3v) is 9.62. The summed E-state index contributed by atoms with van der Waals surface area (Å²) in [5.41, 5.74) is 6.03. The van der Waals surface area contributed by atoms with Gasteiger partial charge in [-0.15, -0.1) is 0 Å². The molecule has 6 atom stereocenters. The van der Waals surface area contributed by atoms with Crippen molar-refractivity contribution in [3.8, 4) is 0 Å². The van der Waals surface area contributed by atoms with Gasteiger partial charge in [0.05, 0.1) is 12.0 Å². The normalized spacial score (nSPS) is 13.9. The first kappa shape index (κ1) is 54.6. The van der Waals surface area contributed by atoms with Gasteiger partial charge < -0.3 is 57.9 Å². The van der Waals surface area contributed by atoms with Crippen LogP contribution in [-0.4, -0.2) is 128 Å².